The molecule has 1 rings (SSSR count). The standard InChI is InChI=1S/C27H60O6Si3/c1-19(2)28-22(7)34(25(10,11)12)31-35(26(13,14)15,23(8)29-20(3)4)33-36(32-34,27(16,17)18)24(9)30-21(5)6/h19-24H,1-18H3. The highest BCUT2D eigenvalue weighted by atomic mass is 28.5. The van der Waals surface area contributed by atoms with Crippen LogP contribution in [0.3, 0.4) is 0 Å². The molecule has 216 valence electrons. The molecular weight excluding hydrogens is 505 g/mol. The van der Waals surface area contributed by atoms with Gasteiger partial charge in [-0.25, -0.2) is 0 Å². The fourth-order valence-electron chi connectivity index (χ4n) is 5.48. The predicted molar refractivity (Wildman–Crippen MR) is 157 cm³/mol. The van der Waals surface area contributed by atoms with Crippen LogP contribution in [-0.4, -0.2) is 61.2 Å². The number of hydrogen-bond acceptors (Lipinski definition) is 6. The molecule has 0 aromatic heterocycles. The van der Waals surface area contributed by atoms with Crippen LogP contribution < -0.4 is 0 Å². The van der Waals surface area contributed by atoms with E-state index < -0.39 is 25.7 Å². The van der Waals surface area contributed by atoms with Gasteiger partial charge in [0.25, 0.3) is 0 Å². The summed E-state index contributed by atoms with van der Waals surface area (Å²) in [4.78, 5) is 0. The van der Waals surface area contributed by atoms with Crippen molar-refractivity contribution in [3.8, 4) is 0 Å². The van der Waals surface area contributed by atoms with Crippen LogP contribution in [0.1, 0.15) is 125 Å². The van der Waals surface area contributed by atoms with E-state index in [1.54, 1.807) is 0 Å². The Hall–Kier alpha value is 0.411. The third kappa shape index (κ3) is 6.75. The molecule has 36 heavy (non-hydrogen) atoms. The maximum Gasteiger partial charge on any atom is 0.355 e. The first-order valence-electron chi connectivity index (χ1n) is 14.0. The first-order chi connectivity index (χ1) is 15.9. The van der Waals surface area contributed by atoms with Gasteiger partial charge in [-0.05, 0) is 62.3 Å². The summed E-state index contributed by atoms with van der Waals surface area (Å²) < 4.78 is 42.5. The van der Waals surface area contributed by atoms with Crippen molar-refractivity contribution in [3.63, 3.8) is 0 Å². The van der Waals surface area contributed by atoms with E-state index in [0.717, 1.165) is 0 Å². The summed E-state index contributed by atoms with van der Waals surface area (Å²) in [6.07, 6.45) is 0.144. The molecule has 1 fully saturated rings. The van der Waals surface area contributed by atoms with E-state index in [0.29, 0.717) is 0 Å². The highest BCUT2D eigenvalue weighted by molar-refractivity contribution is 6.98. The van der Waals surface area contributed by atoms with Crippen molar-refractivity contribution < 1.29 is 26.6 Å². The second-order valence-electron chi connectivity index (χ2n) is 14.5. The summed E-state index contributed by atoms with van der Waals surface area (Å²) in [6.45, 7) is 39.1. The van der Waals surface area contributed by atoms with Crippen molar-refractivity contribution in [1.29, 1.82) is 0 Å². The number of ether oxygens (including phenoxy) is 3. The van der Waals surface area contributed by atoms with Crippen LogP contribution in [0.25, 0.3) is 0 Å². The summed E-state index contributed by atoms with van der Waals surface area (Å²) in [5.74, 6) is 0. The van der Waals surface area contributed by atoms with E-state index in [9.17, 15) is 0 Å². The lowest BCUT2D eigenvalue weighted by Gasteiger charge is -2.65. The SMILES string of the molecule is CC(C)OC(C)[Si]1(C(C)(C)C)O[Si](C(C)OC(C)C)(C(C)(C)C)O[Si](C(C)OC(C)C)(C(C)(C)C)O1. The molecule has 0 aliphatic carbocycles. The maximum absolute atomic E-state index is 7.58. The zero-order valence-electron chi connectivity index (χ0n) is 26.9. The molecular formula is C27H60O6Si3. The van der Waals surface area contributed by atoms with Crippen LogP contribution in [0.2, 0.25) is 15.1 Å². The summed E-state index contributed by atoms with van der Waals surface area (Å²) in [5, 5.41) is -0.854. The van der Waals surface area contributed by atoms with Gasteiger partial charge in [-0.2, -0.15) is 0 Å². The van der Waals surface area contributed by atoms with Crippen molar-refractivity contribution in [2.75, 3.05) is 0 Å². The van der Waals surface area contributed by atoms with E-state index in [4.69, 9.17) is 26.6 Å². The second-order valence-corrected chi connectivity index (χ2v) is 27.9. The van der Waals surface area contributed by atoms with Crippen LogP contribution in [0.4, 0.5) is 0 Å². The number of rotatable bonds is 9. The maximum atomic E-state index is 7.58. The van der Waals surface area contributed by atoms with Gasteiger partial charge < -0.3 is 26.6 Å². The van der Waals surface area contributed by atoms with Crippen LogP contribution in [-0.2, 0) is 26.6 Å². The molecule has 6 nitrogen and oxygen atoms in total. The normalized spacial score (nSPS) is 31.2. The summed E-state index contributed by atoms with van der Waals surface area (Å²) in [5.41, 5.74) is -0.618. The molecule has 0 bridgehead atoms. The third-order valence-electron chi connectivity index (χ3n) is 7.08. The van der Waals surface area contributed by atoms with Crippen molar-refractivity contribution in [1.82, 2.24) is 0 Å². The quantitative estimate of drug-likeness (QED) is 0.266. The van der Waals surface area contributed by atoms with Gasteiger partial charge >= 0.3 is 25.7 Å². The van der Waals surface area contributed by atoms with Gasteiger partial charge in [0.1, 0.15) is 0 Å². The van der Waals surface area contributed by atoms with Crippen molar-refractivity contribution in [2.45, 2.75) is 175 Å². The fraction of sp³-hybridized carbons (Fsp3) is 1.00. The van der Waals surface area contributed by atoms with Crippen LogP contribution >= 0.6 is 0 Å². The van der Waals surface area contributed by atoms with Crippen molar-refractivity contribution in [2.24, 2.45) is 0 Å². The average Bonchev–Trinajstić information content (AvgIpc) is 2.62. The average molecular weight is 565 g/mol. The lowest BCUT2D eigenvalue weighted by atomic mass is 10.2. The summed E-state index contributed by atoms with van der Waals surface area (Å²) >= 11 is 0. The van der Waals surface area contributed by atoms with E-state index in [2.05, 4.69) is 125 Å². The predicted octanol–water partition coefficient (Wildman–Crippen LogP) is 7.83. The molecule has 1 aliphatic rings. The Morgan fingerprint density at radius 2 is 0.556 bits per heavy atom. The van der Waals surface area contributed by atoms with Crippen molar-refractivity contribution in [3.05, 3.63) is 0 Å². The Labute approximate surface area is 227 Å². The molecule has 1 heterocycles. The molecule has 3 unspecified atom stereocenters. The van der Waals surface area contributed by atoms with Gasteiger partial charge in [-0.3, -0.25) is 0 Å². The zero-order valence-corrected chi connectivity index (χ0v) is 29.9. The highest BCUT2D eigenvalue weighted by Crippen LogP contribution is 2.59. The van der Waals surface area contributed by atoms with Crippen molar-refractivity contribution >= 4 is 25.7 Å². The Kier molecular flexibility index (Phi) is 11.0. The molecule has 0 N–H and O–H groups in total. The molecule has 3 atom stereocenters. The Morgan fingerprint density at radius 3 is 0.667 bits per heavy atom. The zero-order chi connectivity index (χ0) is 28.7. The minimum Gasteiger partial charge on any atom is -0.412 e. The third-order valence-corrected chi connectivity index (χ3v) is 24.2. The summed E-state index contributed by atoms with van der Waals surface area (Å²) in [7, 11) is -9.46. The molecule has 1 aliphatic heterocycles. The molecule has 0 aromatic rings. The van der Waals surface area contributed by atoms with Gasteiger partial charge in [0.2, 0.25) is 0 Å². The van der Waals surface area contributed by atoms with Gasteiger partial charge in [0, 0.05) is 15.1 Å². The van der Waals surface area contributed by atoms with E-state index in [1.807, 2.05) is 0 Å². The van der Waals surface area contributed by atoms with Crippen LogP contribution in [0, 0.1) is 0 Å². The minimum absolute atomic E-state index is 0.0480. The van der Waals surface area contributed by atoms with E-state index >= 15 is 0 Å². The molecule has 0 radical (unpaired) electrons. The first kappa shape index (κ1) is 34.4. The van der Waals surface area contributed by atoms with E-state index in [1.165, 1.54) is 0 Å². The summed E-state index contributed by atoms with van der Waals surface area (Å²) in [6, 6.07) is 0. The molecule has 9 heteroatoms. The first-order valence-corrected chi connectivity index (χ1v) is 19.6. The fourth-order valence-corrected chi connectivity index (χ4v) is 28.9. The second kappa shape index (κ2) is 11.5. The highest BCUT2D eigenvalue weighted by Gasteiger charge is 2.76. The van der Waals surface area contributed by atoms with Crippen LogP contribution in [0.5, 0.6) is 0 Å². The van der Waals surface area contributed by atoms with Crippen LogP contribution in [0.15, 0.2) is 0 Å². The van der Waals surface area contributed by atoms with Gasteiger partial charge in [0.15, 0.2) is 0 Å². The van der Waals surface area contributed by atoms with Gasteiger partial charge in [-0.15, -0.1) is 0 Å². The Morgan fingerprint density at radius 1 is 0.389 bits per heavy atom. The van der Waals surface area contributed by atoms with Gasteiger partial charge in [0.05, 0.1) is 35.5 Å². The molecule has 0 saturated carbocycles. The lowest BCUT2D eigenvalue weighted by Crippen LogP contribution is -2.84. The minimum atomic E-state index is -3.15. The van der Waals surface area contributed by atoms with Gasteiger partial charge in [-0.1, -0.05) is 62.3 Å². The topological polar surface area (TPSA) is 55.4 Å². The largest absolute Gasteiger partial charge is 0.412 e. The molecule has 0 spiro atoms. The van der Waals surface area contributed by atoms with E-state index in [-0.39, 0.29) is 50.6 Å². The molecule has 1 saturated heterocycles. The smallest absolute Gasteiger partial charge is 0.355 e. The Bertz CT molecular complexity index is 605. The molecule has 0 aromatic carbocycles. The number of hydrogen-bond donors (Lipinski definition) is 0. The molecule has 0 amide bonds. The Balaban J connectivity index is 4.19. The lowest BCUT2D eigenvalue weighted by molar-refractivity contribution is -0.0184. The monoisotopic (exact) mass is 564 g/mol.